The summed E-state index contributed by atoms with van der Waals surface area (Å²) >= 11 is 0. The number of rotatable bonds is 1. The molecule has 0 N–H and O–H groups in total. The highest BCUT2D eigenvalue weighted by Crippen LogP contribution is 2.27. The number of carbonyl (C=O) groups excluding carboxylic acids is 2. The standard InChI is InChI=1S/C11H16O2/c1-4-7(2)11-8(3)5-9(12)6-10(11)13/h8H,4-6H2,1-3H3/b11-7-. The Morgan fingerprint density at radius 3 is 2.54 bits per heavy atom. The van der Waals surface area contributed by atoms with Crippen LogP contribution in [0.1, 0.15) is 40.0 Å². The summed E-state index contributed by atoms with van der Waals surface area (Å²) < 4.78 is 0. The predicted octanol–water partition coefficient (Wildman–Crippen LogP) is 2.28. The van der Waals surface area contributed by atoms with Gasteiger partial charge >= 0.3 is 0 Å². The molecular weight excluding hydrogens is 164 g/mol. The van der Waals surface area contributed by atoms with Crippen molar-refractivity contribution in [3.8, 4) is 0 Å². The second-order valence-electron chi connectivity index (χ2n) is 3.79. The minimum atomic E-state index is 0.0445. The van der Waals surface area contributed by atoms with E-state index < -0.39 is 0 Å². The lowest BCUT2D eigenvalue weighted by Gasteiger charge is -2.21. The molecule has 2 heteroatoms. The molecule has 0 aromatic heterocycles. The molecule has 0 aliphatic heterocycles. The molecular formula is C11H16O2. The number of Topliss-reactive ketones (excluding diaryl/α,β-unsaturated/α-hetero) is 2. The van der Waals surface area contributed by atoms with Crippen LogP contribution in [0, 0.1) is 5.92 Å². The molecule has 72 valence electrons. The summed E-state index contributed by atoms with van der Waals surface area (Å²) in [6.45, 7) is 5.99. The molecule has 0 saturated heterocycles. The van der Waals surface area contributed by atoms with Gasteiger partial charge in [0.25, 0.3) is 0 Å². The van der Waals surface area contributed by atoms with Gasteiger partial charge < -0.3 is 0 Å². The van der Waals surface area contributed by atoms with Crippen LogP contribution in [0.5, 0.6) is 0 Å². The Labute approximate surface area is 79.0 Å². The van der Waals surface area contributed by atoms with E-state index in [-0.39, 0.29) is 23.9 Å². The SMILES string of the molecule is CC/C(C)=C1\C(=O)CC(=O)CC1C. The first-order valence-corrected chi connectivity index (χ1v) is 4.80. The molecule has 0 aromatic carbocycles. The first kappa shape index (κ1) is 10.2. The number of hydrogen-bond acceptors (Lipinski definition) is 2. The van der Waals surface area contributed by atoms with Gasteiger partial charge in [0.05, 0.1) is 6.42 Å². The van der Waals surface area contributed by atoms with Gasteiger partial charge in [0.15, 0.2) is 5.78 Å². The van der Waals surface area contributed by atoms with Crippen LogP contribution in [0.2, 0.25) is 0 Å². The normalized spacial score (nSPS) is 27.8. The zero-order valence-corrected chi connectivity index (χ0v) is 8.52. The summed E-state index contributed by atoms with van der Waals surface area (Å²) in [6, 6.07) is 0. The second-order valence-corrected chi connectivity index (χ2v) is 3.79. The summed E-state index contributed by atoms with van der Waals surface area (Å²) in [6.07, 6.45) is 1.56. The molecule has 0 bridgehead atoms. The number of ketones is 2. The lowest BCUT2D eigenvalue weighted by Crippen LogP contribution is -2.25. The van der Waals surface area contributed by atoms with Crippen molar-refractivity contribution in [1.29, 1.82) is 0 Å². The minimum absolute atomic E-state index is 0.0445. The van der Waals surface area contributed by atoms with E-state index in [4.69, 9.17) is 0 Å². The van der Waals surface area contributed by atoms with Gasteiger partial charge in [0.2, 0.25) is 0 Å². The van der Waals surface area contributed by atoms with Crippen LogP contribution in [-0.4, -0.2) is 11.6 Å². The highest BCUT2D eigenvalue weighted by atomic mass is 16.1. The molecule has 0 spiro atoms. The summed E-state index contributed by atoms with van der Waals surface area (Å²) in [5.41, 5.74) is 2.05. The van der Waals surface area contributed by atoms with Crippen LogP contribution in [0.3, 0.4) is 0 Å². The summed E-state index contributed by atoms with van der Waals surface area (Å²) in [4.78, 5) is 22.6. The van der Waals surface area contributed by atoms with Crippen molar-refractivity contribution in [2.24, 2.45) is 5.92 Å². The molecule has 2 nitrogen and oxygen atoms in total. The lowest BCUT2D eigenvalue weighted by molar-refractivity contribution is -0.127. The van der Waals surface area contributed by atoms with Crippen LogP contribution < -0.4 is 0 Å². The number of hydrogen-bond donors (Lipinski definition) is 0. The van der Waals surface area contributed by atoms with E-state index in [1.165, 1.54) is 0 Å². The van der Waals surface area contributed by atoms with Gasteiger partial charge in [-0.2, -0.15) is 0 Å². The molecule has 1 aliphatic carbocycles. The summed E-state index contributed by atoms with van der Waals surface area (Å²) in [5.74, 6) is 0.266. The molecule has 0 radical (unpaired) electrons. The fourth-order valence-corrected chi connectivity index (χ4v) is 1.91. The molecule has 1 fully saturated rings. The largest absolute Gasteiger partial charge is 0.299 e. The third-order valence-electron chi connectivity index (χ3n) is 2.67. The molecule has 1 unspecified atom stereocenters. The predicted molar refractivity (Wildman–Crippen MR) is 51.4 cm³/mol. The number of carbonyl (C=O) groups is 2. The molecule has 0 aromatic rings. The highest BCUT2D eigenvalue weighted by Gasteiger charge is 2.28. The molecule has 0 amide bonds. The van der Waals surface area contributed by atoms with E-state index in [2.05, 4.69) is 0 Å². The van der Waals surface area contributed by atoms with E-state index in [0.29, 0.717) is 6.42 Å². The molecule has 0 heterocycles. The third-order valence-corrected chi connectivity index (χ3v) is 2.67. The van der Waals surface area contributed by atoms with Gasteiger partial charge in [-0.25, -0.2) is 0 Å². The first-order chi connectivity index (χ1) is 6.06. The topological polar surface area (TPSA) is 34.1 Å². The van der Waals surface area contributed by atoms with Gasteiger partial charge in [0.1, 0.15) is 5.78 Å². The second kappa shape index (κ2) is 3.86. The van der Waals surface area contributed by atoms with Crippen molar-refractivity contribution in [3.05, 3.63) is 11.1 Å². The molecule has 1 atom stereocenters. The Kier molecular flexibility index (Phi) is 3.02. The molecule has 1 saturated carbocycles. The van der Waals surface area contributed by atoms with Crippen LogP contribution in [0.4, 0.5) is 0 Å². The van der Waals surface area contributed by atoms with Crippen LogP contribution in [0.15, 0.2) is 11.1 Å². The van der Waals surface area contributed by atoms with Crippen molar-refractivity contribution in [2.45, 2.75) is 40.0 Å². The molecule has 1 aliphatic rings. The van der Waals surface area contributed by atoms with Crippen molar-refractivity contribution in [1.82, 2.24) is 0 Å². The average Bonchev–Trinajstić information content (AvgIpc) is 2.02. The monoisotopic (exact) mass is 180 g/mol. The van der Waals surface area contributed by atoms with Gasteiger partial charge in [0, 0.05) is 6.42 Å². The summed E-state index contributed by atoms with van der Waals surface area (Å²) in [5, 5.41) is 0. The quantitative estimate of drug-likeness (QED) is 0.458. The Bertz CT molecular complexity index is 274. The fraction of sp³-hybridized carbons (Fsp3) is 0.636. The van der Waals surface area contributed by atoms with Gasteiger partial charge in [-0.3, -0.25) is 9.59 Å². The maximum atomic E-state index is 11.5. The summed E-state index contributed by atoms with van der Waals surface area (Å²) in [7, 11) is 0. The first-order valence-electron chi connectivity index (χ1n) is 4.80. The van der Waals surface area contributed by atoms with Crippen LogP contribution in [0.25, 0.3) is 0 Å². The highest BCUT2D eigenvalue weighted by molar-refractivity contribution is 6.11. The minimum Gasteiger partial charge on any atom is -0.299 e. The zero-order chi connectivity index (χ0) is 10.0. The van der Waals surface area contributed by atoms with E-state index in [1.54, 1.807) is 0 Å². The van der Waals surface area contributed by atoms with Crippen molar-refractivity contribution in [3.63, 3.8) is 0 Å². The molecule has 13 heavy (non-hydrogen) atoms. The maximum Gasteiger partial charge on any atom is 0.166 e. The Morgan fingerprint density at radius 1 is 1.46 bits per heavy atom. The Hall–Kier alpha value is -0.920. The van der Waals surface area contributed by atoms with Gasteiger partial charge in [-0.15, -0.1) is 0 Å². The average molecular weight is 180 g/mol. The fourth-order valence-electron chi connectivity index (χ4n) is 1.91. The zero-order valence-electron chi connectivity index (χ0n) is 8.52. The Morgan fingerprint density at radius 2 is 2.08 bits per heavy atom. The van der Waals surface area contributed by atoms with E-state index in [1.807, 2.05) is 20.8 Å². The van der Waals surface area contributed by atoms with E-state index in [9.17, 15) is 9.59 Å². The number of allylic oxidation sites excluding steroid dienone is 2. The smallest absolute Gasteiger partial charge is 0.166 e. The maximum absolute atomic E-state index is 11.5. The van der Waals surface area contributed by atoms with Gasteiger partial charge in [-0.1, -0.05) is 19.4 Å². The Balaban J connectivity index is 2.97. The van der Waals surface area contributed by atoms with E-state index in [0.717, 1.165) is 17.6 Å². The van der Waals surface area contributed by atoms with Crippen LogP contribution >= 0.6 is 0 Å². The van der Waals surface area contributed by atoms with Crippen molar-refractivity contribution < 1.29 is 9.59 Å². The lowest BCUT2D eigenvalue weighted by atomic mass is 9.81. The van der Waals surface area contributed by atoms with Gasteiger partial charge in [-0.05, 0) is 24.8 Å². The van der Waals surface area contributed by atoms with Crippen molar-refractivity contribution in [2.75, 3.05) is 0 Å². The van der Waals surface area contributed by atoms with Crippen molar-refractivity contribution >= 4 is 11.6 Å². The van der Waals surface area contributed by atoms with E-state index >= 15 is 0 Å². The van der Waals surface area contributed by atoms with Crippen LogP contribution in [-0.2, 0) is 9.59 Å². The molecule has 1 rings (SSSR count). The third kappa shape index (κ3) is 2.06.